The lowest BCUT2D eigenvalue weighted by Gasteiger charge is -1.70. The summed E-state index contributed by atoms with van der Waals surface area (Å²) in [6.07, 6.45) is 4.97. The summed E-state index contributed by atoms with van der Waals surface area (Å²) in [5.41, 5.74) is 0. The fraction of sp³-hybridized carbons (Fsp3) is 0.167. The maximum Gasteiger partial charge on any atom is 0.0267 e. The van der Waals surface area contributed by atoms with Crippen molar-refractivity contribution in [2.75, 3.05) is 6.38 Å². The van der Waals surface area contributed by atoms with Crippen LogP contribution in [-0.2, 0) is 0 Å². The summed E-state index contributed by atoms with van der Waals surface area (Å²) in [7, 11) is 0. The summed E-state index contributed by atoms with van der Waals surface area (Å²) in [6.45, 7) is 0. The molecule has 0 amide bonds. The summed E-state index contributed by atoms with van der Waals surface area (Å²) in [5.74, 6) is 0. The van der Waals surface area contributed by atoms with Crippen LogP contribution in [0.1, 0.15) is 0 Å². The molecule has 1 heterocycles. The van der Waals surface area contributed by atoms with Crippen molar-refractivity contribution in [2.45, 2.75) is 0 Å². The summed E-state index contributed by atoms with van der Waals surface area (Å²) < 4.78 is 0. The van der Waals surface area contributed by atoms with Crippen LogP contribution >= 0.6 is 24.0 Å². The van der Waals surface area contributed by atoms with Crippen LogP contribution in [0.3, 0.4) is 0 Å². The molecule has 0 unspecified atom stereocenters. The molecule has 0 aliphatic rings. The van der Waals surface area contributed by atoms with Crippen LogP contribution < -0.4 is 0 Å². The van der Waals surface area contributed by atoms with Gasteiger partial charge in [0.05, 0.1) is 0 Å². The lowest BCUT2D eigenvalue weighted by Crippen LogP contribution is -1.58. The molecule has 0 radical (unpaired) electrons. The number of hydrogen-bond acceptors (Lipinski definition) is 1. The summed E-state index contributed by atoms with van der Waals surface area (Å²) >= 11 is 4.64. The molecular formula is C6H9Cl2N. The predicted molar refractivity (Wildman–Crippen MR) is 43.3 cm³/mol. The smallest absolute Gasteiger partial charge is 0.0267 e. The van der Waals surface area contributed by atoms with Gasteiger partial charge in [0.25, 0.3) is 0 Å². The van der Waals surface area contributed by atoms with E-state index in [1.807, 2.05) is 18.2 Å². The van der Waals surface area contributed by atoms with Gasteiger partial charge in [-0.3, -0.25) is 4.98 Å². The largest absolute Gasteiger partial charge is 0.265 e. The topological polar surface area (TPSA) is 12.9 Å². The Morgan fingerprint density at radius 1 is 1.00 bits per heavy atom. The number of pyridine rings is 1. The molecule has 0 saturated carbocycles. The Bertz CT molecular complexity index is 83.0. The van der Waals surface area contributed by atoms with Gasteiger partial charge in [-0.25, -0.2) is 0 Å². The number of rotatable bonds is 0. The summed E-state index contributed by atoms with van der Waals surface area (Å²) in [5, 5.41) is 0. The molecule has 0 spiro atoms. The van der Waals surface area contributed by atoms with Crippen molar-refractivity contribution in [2.24, 2.45) is 0 Å². The van der Waals surface area contributed by atoms with Crippen LogP contribution in [0.5, 0.6) is 0 Å². The molecule has 0 aliphatic carbocycles. The van der Waals surface area contributed by atoms with Gasteiger partial charge in [0, 0.05) is 18.8 Å². The van der Waals surface area contributed by atoms with E-state index in [0.29, 0.717) is 0 Å². The lowest BCUT2D eigenvalue weighted by atomic mass is 10.5. The van der Waals surface area contributed by atoms with Crippen LogP contribution in [-0.4, -0.2) is 11.4 Å². The van der Waals surface area contributed by atoms with E-state index in [9.17, 15) is 0 Å². The van der Waals surface area contributed by atoms with Crippen molar-refractivity contribution >= 4 is 24.0 Å². The van der Waals surface area contributed by atoms with Gasteiger partial charge in [-0.1, -0.05) is 6.07 Å². The molecule has 52 valence electrons. The number of halogens is 2. The maximum atomic E-state index is 4.64. The SMILES string of the molecule is CCl.Cl.c1ccncc1. The molecule has 1 aromatic heterocycles. The molecule has 0 bridgehead atoms. The normalized spacial score (nSPS) is 6.00. The van der Waals surface area contributed by atoms with Gasteiger partial charge in [-0.15, -0.1) is 24.0 Å². The van der Waals surface area contributed by atoms with Crippen molar-refractivity contribution in [3.63, 3.8) is 0 Å². The minimum Gasteiger partial charge on any atom is -0.265 e. The Morgan fingerprint density at radius 3 is 1.56 bits per heavy atom. The third-order valence-electron chi connectivity index (χ3n) is 0.566. The quantitative estimate of drug-likeness (QED) is 0.539. The highest BCUT2D eigenvalue weighted by Gasteiger charge is 1.58. The maximum absolute atomic E-state index is 4.64. The van der Waals surface area contributed by atoms with Gasteiger partial charge < -0.3 is 0 Å². The van der Waals surface area contributed by atoms with E-state index in [2.05, 4.69) is 16.6 Å². The Kier molecular flexibility index (Phi) is 13.6. The van der Waals surface area contributed by atoms with Crippen molar-refractivity contribution in [1.29, 1.82) is 0 Å². The first kappa shape index (κ1) is 11.5. The molecule has 3 heteroatoms. The van der Waals surface area contributed by atoms with Crippen LogP contribution in [0.15, 0.2) is 30.6 Å². The third-order valence-corrected chi connectivity index (χ3v) is 0.566. The van der Waals surface area contributed by atoms with Crippen LogP contribution in [0.4, 0.5) is 0 Å². The Hall–Kier alpha value is -0.270. The molecule has 0 aromatic carbocycles. The van der Waals surface area contributed by atoms with Gasteiger partial charge in [0.15, 0.2) is 0 Å². The summed E-state index contributed by atoms with van der Waals surface area (Å²) in [4.78, 5) is 3.78. The minimum atomic E-state index is 0. The number of nitrogens with zero attached hydrogens (tertiary/aromatic N) is 1. The molecular weight excluding hydrogens is 157 g/mol. The first-order valence-corrected chi connectivity index (χ1v) is 2.98. The zero-order valence-electron chi connectivity index (χ0n) is 5.12. The second-order valence-corrected chi connectivity index (χ2v) is 1.02. The first-order valence-electron chi connectivity index (χ1n) is 2.23. The van der Waals surface area contributed by atoms with Crippen LogP contribution in [0.2, 0.25) is 0 Å². The Labute approximate surface area is 66.5 Å². The molecule has 0 atom stereocenters. The predicted octanol–water partition coefficient (Wildman–Crippen LogP) is 2.36. The molecule has 0 fully saturated rings. The highest BCUT2D eigenvalue weighted by Crippen LogP contribution is 1.73. The van der Waals surface area contributed by atoms with Gasteiger partial charge in [-0.05, 0) is 12.1 Å². The van der Waals surface area contributed by atoms with Crippen molar-refractivity contribution in [3.8, 4) is 0 Å². The Balaban J connectivity index is 0. The molecule has 0 aliphatic heterocycles. The molecule has 0 saturated heterocycles. The lowest BCUT2D eigenvalue weighted by molar-refractivity contribution is 1.33. The molecule has 1 aromatic rings. The zero-order valence-corrected chi connectivity index (χ0v) is 6.69. The summed E-state index contributed by atoms with van der Waals surface area (Å²) in [6, 6.07) is 5.72. The number of aromatic nitrogens is 1. The minimum absolute atomic E-state index is 0. The highest BCUT2D eigenvalue weighted by atomic mass is 35.5. The molecule has 9 heavy (non-hydrogen) atoms. The monoisotopic (exact) mass is 165 g/mol. The number of alkyl halides is 1. The zero-order chi connectivity index (χ0) is 6.24. The average molecular weight is 166 g/mol. The van der Waals surface area contributed by atoms with Gasteiger partial charge in [0.1, 0.15) is 0 Å². The fourth-order valence-corrected chi connectivity index (χ4v) is 0.313. The van der Waals surface area contributed by atoms with E-state index >= 15 is 0 Å². The van der Waals surface area contributed by atoms with E-state index in [1.165, 1.54) is 6.38 Å². The van der Waals surface area contributed by atoms with E-state index in [0.717, 1.165) is 0 Å². The van der Waals surface area contributed by atoms with Gasteiger partial charge in [-0.2, -0.15) is 0 Å². The van der Waals surface area contributed by atoms with Crippen molar-refractivity contribution < 1.29 is 0 Å². The van der Waals surface area contributed by atoms with E-state index in [4.69, 9.17) is 0 Å². The second-order valence-electron chi connectivity index (χ2n) is 1.02. The van der Waals surface area contributed by atoms with Crippen LogP contribution in [0.25, 0.3) is 0 Å². The fourth-order valence-electron chi connectivity index (χ4n) is 0.313. The van der Waals surface area contributed by atoms with Crippen molar-refractivity contribution in [3.05, 3.63) is 30.6 Å². The van der Waals surface area contributed by atoms with E-state index in [1.54, 1.807) is 12.4 Å². The van der Waals surface area contributed by atoms with Gasteiger partial charge in [0.2, 0.25) is 0 Å². The van der Waals surface area contributed by atoms with E-state index < -0.39 is 0 Å². The molecule has 1 rings (SSSR count). The second kappa shape index (κ2) is 10.7. The van der Waals surface area contributed by atoms with Crippen LogP contribution in [0, 0.1) is 0 Å². The average Bonchev–Trinajstić information content (AvgIpc) is 1.96. The molecule has 1 nitrogen and oxygen atoms in total. The first-order chi connectivity index (χ1) is 4.00. The Morgan fingerprint density at radius 2 is 1.44 bits per heavy atom. The van der Waals surface area contributed by atoms with E-state index in [-0.39, 0.29) is 12.4 Å². The molecule has 0 N–H and O–H groups in total. The number of hydrogen-bond donors (Lipinski definition) is 0. The third kappa shape index (κ3) is 7.73. The highest BCUT2D eigenvalue weighted by molar-refractivity contribution is 6.15. The van der Waals surface area contributed by atoms with Gasteiger partial charge >= 0.3 is 0 Å². The standard InChI is InChI=1S/C5H5N.CH3Cl.ClH/c1-2-4-6-5-3-1;1-2;/h1-5H;1H3;1H. The van der Waals surface area contributed by atoms with Crippen molar-refractivity contribution in [1.82, 2.24) is 4.98 Å².